The highest BCUT2D eigenvalue weighted by molar-refractivity contribution is 8.13. The molecule has 8 heteroatoms. The van der Waals surface area contributed by atoms with Gasteiger partial charge in [-0.25, -0.2) is 0 Å². The molecule has 6 nitrogen and oxygen atoms in total. The van der Waals surface area contributed by atoms with Gasteiger partial charge < -0.3 is 14.6 Å². The number of rotatable bonds is 11. The molecule has 0 radical (unpaired) electrons. The summed E-state index contributed by atoms with van der Waals surface area (Å²) in [6.45, 7) is 24.4. The van der Waals surface area contributed by atoms with E-state index in [9.17, 15) is 14.4 Å². The molecule has 1 saturated heterocycles. The van der Waals surface area contributed by atoms with Gasteiger partial charge in [0.2, 0.25) is 5.91 Å². The highest BCUT2D eigenvalue weighted by Crippen LogP contribution is 2.40. The van der Waals surface area contributed by atoms with Crippen LogP contribution >= 0.6 is 11.8 Å². The Kier molecular flexibility index (Phi) is 10.6. The molecule has 1 aliphatic rings. The van der Waals surface area contributed by atoms with Crippen molar-refractivity contribution in [3.8, 4) is 0 Å². The van der Waals surface area contributed by atoms with Gasteiger partial charge in [-0.15, -0.1) is 0 Å². The first kappa shape index (κ1) is 31.6. The smallest absolute Gasteiger partial charge is 0.255 e. The average Bonchev–Trinajstić information content (AvgIpc) is 2.74. The molecule has 37 heavy (non-hydrogen) atoms. The Balaban J connectivity index is 2.18. The quantitative estimate of drug-likeness (QED) is 0.202. The summed E-state index contributed by atoms with van der Waals surface area (Å²) in [6, 6.07) is 7.06. The summed E-state index contributed by atoms with van der Waals surface area (Å²) >= 11 is 1.10. The molecule has 1 aromatic carbocycles. The molecule has 0 aliphatic carbocycles. The normalized spacial score (nSPS) is 19.9. The number of carbonyl (C=O) groups is 3. The number of β-lactam (4-membered cyclic amide) rings is 1. The molecule has 1 N–H and O–H groups in total. The number of hydrogen-bond donors (Lipinski definition) is 1. The SMILES string of the molecule is CC(C)CN(CC(C)C)C(=O)c1ccccc1SC(=O)[C@H](C)[C@H]1NC(=O)[C@@H]1[C@@H](C)O[Si](C)(C)C(C)(C)C. The minimum atomic E-state index is -2.06. The molecule has 2 rings (SSSR count). The molecule has 1 aliphatic heterocycles. The van der Waals surface area contributed by atoms with Crippen LogP contribution in [-0.4, -0.2) is 55.4 Å². The van der Waals surface area contributed by atoms with Crippen LogP contribution in [0.5, 0.6) is 0 Å². The molecule has 1 aromatic rings. The minimum absolute atomic E-state index is 0.0313. The van der Waals surface area contributed by atoms with E-state index in [1.807, 2.05) is 36.9 Å². The van der Waals surface area contributed by atoms with Crippen LogP contribution in [0, 0.1) is 23.7 Å². The van der Waals surface area contributed by atoms with Gasteiger partial charge in [-0.3, -0.25) is 14.4 Å². The van der Waals surface area contributed by atoms with Crippen molar-refractivity contribution in [2.24, 2.45) is 23.7 Å². The van der Waals surface area contributed by atoms with E-state index < -0.39 is 14.2 Å². The summed E-state index contributed by atoms with van der Waals surface area (Å²) in [4.78, 5) is 42.0. The Morgan fingerprint density at radius 3 is 2.05 bits per heavy atom. The van der Waals surface area contributed by atoms with Crippen LogP contribution in [0.4, 0.5) is 0 Å². The summed E-state index contributed by atoms with van der Waals surface area (Å²) < 4.78 is 6.50. The fourth-order valence-corrected chi connectivity index (χ4v) is 6.84. The third-order valence-corrected chi connectivity index (χ3v) is 13.2. The van der Waals surface area contributed by atoms with E-state index in [0.29, 0.717) is 35.4 Å². The van der Waals surface area contributed by atoms with Crippen LogP contribution in [-0.2, 0) is 14.0 Å². The third-order valence-electron chi connectivity index (χ3n) is 7.49. The van der Waals surface area contributed by atoms with Crippen molar-refractivity contribution in [2.45, 2.75) is 97.5 Å². The maximum atomic E-state index is 13.5. The number of nitrogens with zero attached hydrogens (tertiary/aromatic N) is 1. The van der Waals surface area contributed by atoms with Crippen molar-refractivity contribution >= 4 is 37.0 Å². The van der Waals surface area contributed by atoms with E-state index in [2.05, 4.69) is 66.9 Å². The number of nitrogens with one attached hydrogen (secondary N) is 1. The molecule has 2 amide bonds. The topological polar surface area (TPSA) is 75.7 Å². The van der Waals surface area contributed by atoms with Crippen molar-refractivity contribution in [3.63, 3.8) is 0 Å². The Morgan fingerprint density at radius 1 is 1.03 bits per heavy atom. The predicted molar refractivity (Wildman–Crippen MR) is 155 cm³/mol. The largest absolute Gasteiger partial charge is 0.413 e. The monoisotopic (exact) mass is 548 g/mol. The maximum absolute atomic E-state index is 13.5. The van der Waals surface area contributed by atoms with E-state index in [4.69, 9.17) is 4.43 Å². The van der Waals surface area contributed by atoms with E-state index in [-0.39, 0.29) is 40.0 Å². The Morgan fingerprint density at radius 2 is 1.57 bits per heavy atom. The lowest BCUT2D eigenvalue weighted by Gasteiger charge is -2.46. The van der Waals surface area contributed by atoms with Crippen molar-refractivity contribution in [1.82, 2.24) is 10.2 Å². The first-order chi connectivity index (χ1) is 17.0. The fraction of sp³-hybridized carbons (Fsp3) is 0.690. The van der Waals surface area contributed by atoms with Crippen molar-refractivity contribution in [1.29, 1.82) is 0 Å². The van der Waals surface area contributed by atoms with Gasteiger partial charge >= 0.3 is 0 Å². The van der Waals surface area contributed by atoms with Gasteiger partial charge in [-0.1, -0.05) is 79.3 Å². The molecular formula is C29H48N2O4SSi. The molecule has 0 aromatic heterocycles. The van der Waals surface area contributed by atoms with Gasteiger partial charge in [-0.2, -0.15) is 0 Å². The zero-order chi connectivity index (χ0) is 28.3. The molecule has 0 saturated carbocycles. The Bertz CT molecular complexity index is 963. The van der Waals surface area contributed by atoms with Gasteiger partial charge in [0.15, 0.2) is 13.4 Å². The fourth-order valence-electron chi connectivity index (χ4n) is 4.45. The Hall–Kier alpha value is -1.64. The summed E-state index contributed by atoms with van der Waals surface area (Å²) in [5, 5.41) is 2.92. The van der Waals surface area contributed by atoms with Crippen LogP contribution in [0.2, 0.25) is 18.1 Å². The van der Waals surface area contributed by atoms with E-state index >= 15 is 0 Å². The molecule has 208 valence electrons. The van der Waals surface area contributed by atoms with E-state index in [1.54, 1.807) is 6.07 Å². The molecule has 0 bridgehead atoms. The van der Waals surface area contributed by atoms with Gasteiger partial charge in [-0.05, 0) is 49.0 Å². The summed E-state index contributed by atoms with van der Waals surface area (Å²) in [7, 11) is -2.06. The second-order valence-electron chi connectivity index (χ2n) is 12.8. The molecule has 4 atom stereocenters. The van der Waals surface area contributed by atoms with Crippen LogP contribution in [0.3, 0.4) is 0 Å². The molecule has 1 fully saturated rings. The Labute approximate surface area is 229 Å². The van der Waals surface area contributed by atoms with E-state index in [0.717, 1.165) is 11.8 Å². The highest BCUT2D eigenvalue weighted by atomic mass is 32.2. The first-order valence-corrected chi connectivity index (χ1v) is 17.3. The standard InChI is InChI=1S/C29H48N2O4SSi/c1-18(2)16-31(17-19(3)4)27(33)22-14-12-13-15-23(22)36-28(34)20(5)25-24(26(32)30-25)21(6)35-37(10,11)29(7,8)9/h12-15,18-21,24-25H,16-17H2,1-11H3,(H,30,32)/t20-,21-,24-,25-/m1/s1. The summed E-state index contributed by atoms with van der Waals surface area (Å²) in [6.07, 6.45) is -0.269. The zero-order valence-corrected chi connectivity index (χ0v) is 26.5. The van der Waals surface area contributed by atoms with Gasteiger partial charge in [0.05, 0.1) is 23.6 Å². The van der Waals surface area contributed by atoms with Crippen LogP contribution in [0.25, 0.3) is 0 Å². The number of hydrogen-bond acceptors (Lipinski definition) is 5. The van der Waals surface area contributed by atoms with Crippen molar-refractivity contribution in [3.05, 3.63) is 29.8 Å². The van der Waals surface area contributed by atoms with Crippen LogP contribution < -0.4 is 5.32 Å². The number of benzene rings is 1. The predicted octanol–water partition coefficient (Wildman–Crippen LogP) is 6.22. The maximum Gasteiger partial charge on any atom is 0.255 e. The molecular weight excluding hydrogens is 500 g/mol. The number of thioether (sulfide) groups is 1. The van der Waals surface area contributed by atoms with Crippen molar-refractivity contribution < 1.29 is 18.8 Å². The van der Waals surface area contributed by atoms with Gasteiger partial charge in [0, 0.05) is 23.9 Å². The number of carbonyl (C=O) groups excluding carboxylic acids is 3. The molecule has 0 unspecified atom stereocenters. The lowest BCUT2D eigenvalue weighted by Crippen LogP contribution is -2.66. The van der Waals surface area contributed by atoms with Gasteiger partial charge in [0.1, 0.15) is 0 Å². The second kappa shape index (κ2) is 12.5. The zero-order valence-electron chi connectivity index (χ0n) is 24.7. The average molecular weight is 549 g/mol. The van der Waals surface area contributed by atoms with E-state index in [1.165, 1.54) is 0 Å². The lowest BCUT2D eigenvalue weighted by atomic mass is 9.79. The molecule has 0 spiro atoms. The molecule has 1 heterocycles. The summed E-state index contributed by atoms with van der Waals surface area (Å²) in [5.41, 5.74) is 0.554. The first-order valence-electron chi connectivity index (χ1n) is 13.5. The highest BCUT2D eigenvalue weighted by Gasteiger charge is 2.50. The van der Waals surface area contributed by atoms with Crippen molar-refractivity contribution in [2.75, 3.05) is 13.1 Å². The summed E-state index contributed by atoms with van der Waals surface area (Å²) in [5.74, 6) is -0.189. The minimum Gasteiger partial charge on any atom is -0.413 e. The third kappa shape index (κ3) is 7.93. The second-order valence-corrected chi connectivity index (χ2v) is 18.6. The number of amides is 2. The van der Waals surface area contributed by atoms with Crippen LogP contribution in [0.15, 0.2) is 29.2 Å². The lowest BCUT2D eigenvalue weighted by molar-refractivity contribution is -0.143. The van der Waals surface area contributed by atoms with Gasteiger partial charge in [0.25, 0.3) is 5.91 Å². The van der Waals surface area contributed by atoms with Crippen LogP contribution in [0.1, 0.15) is 72.7 Å².